The summed E-state index contributed by atoms with van der Waals surface area (Å²) in [7, 11) is 0. The Hall–Kier alpha value is -2.78. The van der Waals surface area contributed by atoms with Crippen LogP contribution < -0.4 is 5.32 Å². The van der Waals surface area contributed by atoms with E-state index in [4.69, 9.17) is 10.00 Å². The van der Waals surface area contributed by atoms with Crippen molar-refractivity contribution in [1.29, 1.82) is 5.26 Å². The zero-order valence-corrected chi connectivity index (χ0v) is 13.8. The maximum absolute atomic E-state index is 13.9. The second-order valence-electron chi connectivity index (χ2n) is 5.33. The van der Waals surface area contributed by atoms with Gasteiger partial charge in [-0.2, -0.15) is 5.26 Å². The third-order valence-corrected chi connectivity index (χ3v) is 3.65. The summed E-state index contributed by atoms with van der Waals surface area (Å²) in [5.41, 5.74) is 0.518. The molecule has 0 aliphatic carbocycles. The Kier molecular flexibility index (Phi) is 6.61. The topological polar surface area (TPSA) is 62.1 Å². The highest BCUT2D eigenvalue weighted by Gasteiger charge is 2.21. The molecule has 0 aliphatic rings. The first-order chi connectivity index (χ1) is 12.1. The van der Waals surface area contributed by atoms with Crippen LogP contribution in [0.15, 0.2) is 42.5 Å². The molecule has 0 spiro atoms. The third kappa shape index (κ3) is 4.85. The van der Waals surface area contributed by atoms with Crippen LogP contribution in [-0.2, 0) is 16.0 Å². The van der Waals surface area contributed by atoms with Crippen molar-refractivity contribution in [2.24, 2.45) is 0 Å². The van der Waals surface area contributed by atoms with Gasteiger partial charge in [0, 0.05) is 12.1 Å². The number of hydrogen-bond donors (Lipinski definition) is 1. The average Bonchev–Trinajstić information content (AvgIpc) is 2.61. The fourth-order valence-electron chi connectivity index (χ4n) is 2.46. The van der Waals surface area contributed by atoms with Gasteiger partial charge in [0.1, 0.15) is 17.7 Å². The average molecular weight is 344 g/mol. The minimum Gasteiger partial charge on any atom is -0.465 e. The molecule has 0 saturated carbocycles. The summed E-state index contributed by atoms with van der Waals surface area (Å²) in [5, 5.41) is 11.7. The predicted molar refractivity (Wildman–Crippen MR) is 88.6 cm³/mol. The molecule has 0 aromatic heterocycles. The molecule has 130 valence electrons. The van der Waals surface area contributed by atoms with Crippen LogP contribution in [0.4, 0.5) is 8.78 Å². The van der Waals surface area contributed by atoms with Crippen molar-refractivity contribution < 1.29 is 18.3 Å². The molecule has 25 heavy (non-hydrogen) atoms. The van der Waals surface area contributed by atoms with E-state index in [0.717, 1.165) is 12.1 Å². The van der Waals surface area contributed by atoms with Gasteiger partial charge in [-0.15, -0.1) is 0 Å². The Labute approximate surface area is 145 Å². The molecule has 2 aromatic rings. The van der Waals surface area contributed by atoms with E-state index in [9.17, 15) is 13.6 Å². The third-order valence-electron chi connectivity index (χ3n) is 3.65. The summed E-state index contributed by atoms with van der Waals surface area (Å²) in [6.45, 7) is 2.11. The summed E-state index contributed by atoms with van der Waals surface area (Å²) < 4.78 is 32.9. The van der Waals surface area contributed by atoms with Crippen LogP contribution in [0.2, 0.25) is 0 Å². The Balaban J connectivity index is 2.09. The van der Waals surface area contributed by atoms with Crippen LogP contribution in [-0.4, -0.2) is 19.1 Å². The Bertz CT molecular complexity index is 750. The van der Waals surface area contributed by atoms with E-state index >= 15 is 0 Å². The first-order valence-electron chi connectivity index (χ1n) is 7.89. The minimum atomic E-state index is -0.772. The molecule has 0 fully saturated rings. The van der Waals surface area contributed by atoms with Crippen molar-refractivity contribution >= 4 is 5.97 Å². The highest BCUT2D eigenvalue weighted by Crippen LogP contribution is 2.17. The van der Waals surface area contributed by atoms with E-state index in [1.807, 2.05) is 6.07 Å². The summed E-state index contributed by atoms with van der Waals surface area (Å²) in [6, 6.07) is 12.0. The molecule has 0 aliphatic heterocycles. The highest BCUT2D eigenvalue weighted by molar-refractivity contribution is 5.77. The largest absolute Gasteiger partial charge is 0.465 e. The molecule has 2 rings (SSSR count). The number of benzene rings is 2. The molecule has 0 bridgehead atoms. The van der Waals surface area contributed by atoms with Crippen molar-refractivity contribution in [1.82, 2.24) is 5.32 Å². The zero-order valence-electron chi connectivity index (χ0n) is 13.8. The van der Waals surface area contributed by atoms with E-state index in [0.29, 0.717) is 5.56 Å². The molecule has 0 radical (unpaired) electrons. The number of rotatable bonds is 7. The van der Waals surface area contributed by atoms with Gasteiger partial charge in [0.05, 0.1) is 18.2 Å². The molecule has 0 heterocycles. The molecule has 1 unspecified atom stereocenters. The number of esters is 1. The SMILES string of the molecule is CCOC(=O)C(NCCc1c(F)cc(C#N)cc1F)c1ccccc1. The maximum Gasteiger partial charge on any atom is 0.327 e. The number of carbonyl (C=O) groups excluding carboxylic acids is 1. The van der Waals surface area contributed by atoms with Gasteiger partial charge in [-0.05, 0) is 31.0 Å². The lowest BCUT2D eigenvalue weighted by Crippen LogP contribution is -2.32. The van der Waals surface area contributed by atoms with Gasteiger partial charge in [0.2, 0.25) is 0 Å². The van der Waals surface area contributed by atoms with Crippen LogP contribution in [0.25, 0.3) is 0 Å². The molecule has 4 nitrogen and oxygen atoms in total. The molecule has 1 atom stereocenters. The molecule has 0 amide bonds. The van der Waals surface area contributed by atoms with Crippen molar-refractivity contribution in [3.05, 3.63) is 70.8 Å². The molecular weight excluding hydrogens is 326 g/mol. The lowest BCUT2D eigenvalue weighted by molar-refractivity contribution is -0.145. The second kappa shape index (κ2) is 8.90. The van der Waals surface area contributed by atoms with Gasteiger partial charge < -0.3 is 10.1 Å². The smallest absolute Gasteiger partial charge is 0.327 e. The van der Waals surface area contributed by atoms with Gasteiger partial charge in [0.15, 0.2) is 0 Å². The van der Waals surface area contributed by atoms with Crippen LogP contribution in [0.5, 0.6) is 0 Å². The quantitative estimate of drug-likeness (QED) is 0.783. The van der Waals surface area contributed by atoms with E-state index < -0.39 is 23.6 Å². The predicted octanol–water partition coefficient (Wildman–Crippen LogP) is 3.27. The van der Waals surface area contributed by atoms with Crippen molar-refractivity contribution in [3.8, 4) is 6.07 Å². The summed E-state index contributed by atoms with van der Waals surface area (Å²) in [4.78, 5) is 12.1. The van der Waals surface area contributed by atoms with Gasteiger partial charge in [-0.25, -0.2) is 13.6 Å². The molecular formula is C19H18F2N2O2. The van der Waals surface area contributed by atoms with E-state index in [1.54, 1.807) is 37.3 Å². The number of hydrogen-bond acceptors (Lipinski definition) is 4. The molecule has 0 saturated heterocycles. The summed E-state index contributed by atoms with van der Waals surface area (Å²) >= 11 is 0. The van der Waals surface area contributed by atoms with Crippen molar-refractivity contribution in [3.63, 3.8) is 0 Å². The van der Waals surface area contributed by atoms with Gasteiger partial charge in [0.25, 0.3) is 0 Å². The van der Waals surface area contributed by atoms with Crippen LogP contribution in [0.1, 0.15) is 29.7 Å². The molecule has 6 heteroatoms. The fourth-order valence-corrected chi connectivity index (χ4v) is 2.46. The maximum atomic E-state index is 13.9. The fraction of sp³-hybridized carbons (Fsp3) is 0.263. The highest BCUT2D eigenvalue weighted by atomic mass is 19.1. The minimum absolute atomic E-state index is 0.0338. The standard InChI is InChI=1S/C19H18F2N2O2/c1-2-25-19(24)18(14-6-4-3-5-7-14)23-9-8-15-16(20)10-13(12-22)11-17(15)21/h3-7,10-11,18,23H,2,8-9H2,1H3. The Morgan fingerprint density at radius 3 is 2.44 bits per heavy atom. The van der Waals surface area contributed by atoms with E-state index in [1.165, 1.54) is 0 Å². The van der Waals surface area contributed by atoms with Crippen molar-refractivity contribution in [2.45, 2.75) is 19.4 Å². The Morgan fingerprint density at radius 2 is 1.88 bits per heavy atom. The monoisotopic (exact) mass is 344 g/mol. The van der Waals surface area contributed by atoms with E-state index in [2.05, 4.69) is 5.32 Å². The van der Waals surface area contributed by atoms with E-state index in [-0.39, 0.29) is 30.7 Å². The summed E-state index contributed by atoms with van der Waals surface area (Å²) in [5.74, 6) is -1.99. The number of nitrogens with one attached hydrogen (secondary N) is 1. The first kappa shape index (κ1) is 18.6. The normalized spacial score (nSPS) is 11.6. The van der Waals surface area contributed by atoms with Gasteiger partial charge >= 0.3 is 5.97 Å². The summed E-state index contributed by atoms with van der Waals surface area (Å²) in [6.07, 6.45) is 0.0338. The zero-order chi connectivity index (χ0) is 18.2. The second-order valence-corrected chi connectivity index (χ2v) is 5.33. The van der Waals surface area contributed by atoms with Crippen LogP contribution >= 0.6 is 0 Å². The van der Waals surface area contributed by atoms with Gasteiger partial charge in [-0.1, -0.05) is 30.3 Å². The number of carbonyl (C=O) groups is 1. The number of halogens is 2. The van der Waals surface area contributed by atoms with Gasteiger partial charge in [-0.3, -0.25) is 0 Å². The number of ether oxygens (including phenoxy) is 1. The van der Waals surface area contributed by atoms with Crippen LogP contribution in [0.3, 0.4) is 0 Å². The van der Waals surface area contributed by atoms with Crippen molar-refractivity contribution in [2.75, 3.05) is 13.2 Å². The van der Waals surface area contributed by atoms with Crippen LogP contribution in [0, 0.1) is 23.0 Å². The lowest BCUT2D eigenvalue weighted by Gasteiger charge is -2.18. The Morgan fingerprint density at radius 1 is 1.24 bits per heavy atom. The first-order valence-corrected chi connectivity index (χ1v) is 7.89. The lowest BCUT2D eigenvalue weighted by atomic mass is 10.1. The number of nitriles is 1. The molecule has 1 N–H and O–H groups in total. The molecule has 2 aromatic carbocycles. The number of nitrogens with zero attached hydrogens (tertiary/aromatic N) is 1.